The van der Waals surface area contributed by atoms with Crippen molar-refractivity contribution in [3.05, 3.63) is 52.8 Å². The summed E-state index contributed by atoms with van der Waals surface area (Å²) in [6.07, 6.45) is 1.97. The molecule has 1 aliphatic rings. The Morgan fingerprint density at radius 2 is 2.00 bits per heavy atom. The molecule has 0 unspecified atom stereocenters. The molecular weight excluding hydrogens is 306 g/mol. The summed E-state index contributed by atoms with van der Waals surface area (Å²) in [5.41, 5.74) is 2.01. The first-order valence-electron chi connectivity index (χ1n) is 7.70. The summed E-state index contributed by atoms with van der Waals surface area (Å²) in [6.45, 7) is 0.343. The van der Waals surface area contributed by atoms with E-state index in [1.54, 1.807) is 12.1 Å². The van der Waals surface area contributed by atoms with Crippen LogP contribution in [0.4, 0.5) is 0 Å². The van der Waals surface area contributed by atoms with E-state index in [0.717, 1.165) is 18.4 Å². The zero-order valence-corrected chi connectivity index (χ0v) is 13.2. The summed E-state index contributed by atoms with van der Waals surface area (Å²) >= 11 is 0. The molecule has 122 valence electrons. The average Bonchev–Trinajstić information content (AvgIpc) is 3.31. The van der Waals surface area contributed by atoms with Gasteiger partial charge in [-0.1, -0.05) is 12.1 Å². The highest BCUT2D eigenvalue weighted by molar-refractivity contribution is 5.98. The van der Waals surface area contributed by atoms with Crippen molar-refractivity contribution in [3.63, 3.8) is 0 Å². The molecule has 2 N–H and O–H groups in total. The fourth-order valence-electron chi connectivity index (χ4n) is 2.30. The van der Waals surface area contributed by atoms with Crippen LogP contribution < -0.4 is 10.6 Å². The Balaban J connectivity index is 1.88. The third-order valence-corrected chi connectivity index (χ3v) is 3.80. The number of benzene rings is 1. The summed E-state index contributed by atoms with van der Waals surface area (Å²) in [5, 5.41) is 18.5. The maximum atomic E-state index is 12.4. The van der Waals surface area contributed by atoms with Crippen molar-refractivity contribution in [1.82, 2.24) is 20.4 Å². The molecule has 2 amide bonds. The minimum absolute atomic E-state index is 0.201. The minimum Gasteiger partial charge on any atom is -0.354 e. The quantitative estimate of drug-likeness (QED) is 0.859. The van der Waals surface area contributed by atoms with E-state index in [4.69, 9.17) is 5.26 Å². The Bertz CT molecular complexity index is 812. The molecule has 0 aliphatic heterocycles. The van der Waals surface area contributed by atoms with Crippen molar-refractivity contribution >= 4 is 11.8 Å². The van der Waals surface area contributed by atoms with Crippen molar-refractivity contribution in [2.24, 2.45) is 0 Å². The highest BCUT2D eigenvalue weighted by atomic mass is 16.2. The van der Waals surface area contributed by atoms with Gasteiger partial charge in [-0.2, -0.15) is 10.4 Å². The SMILES string of the molecule is CNC(=O)c1cc(C(=O)NC2CC2)n(Cc2ccc(C#N)cc2)n1. The van der Waals surface area contributed by atoms with Gasteiger partial charge < -0.3 is 10.6 Å². The van der Waals surface area contributed by atoms with Gasteiger partial charge in [0.15, 0.2) is 5.69 Å². The van der Waals surface area contributed by atoms with E-state index in [1.807, 2.05) is 12.1 Å². The van der Waals surface area contributed by atoms with Gasteiger partial charge in [-0.25, -0.2) is 0 Å². The van der Waals surface area contributed by atoms with Gasteiger partial charge in [0.2, 0.25) is 0 Å². The van der Waals surface area contributed by atoms with Crippen LogP contribution in [0, 0.1) is 11.3 Å². The van der Waals surface area contributed by atoms with Crippen molar-refractivity contribution in [1.29, 1.82) is 5.26 Å². The Hall–Kier alpha value is -3.14. The molecule has 0 radical (unpaired) electrons. The monoisotopic (exact) mass is 323 g/mol. The van der Waals surface area contributed by atoms with Crippen molar-refractivity contribution in [3.8, 4) is 6.07 Å². The van der Waals surface area contributed by atoms with E-state index in [-0.39, 0.29) is 23.6 Å². The second kappa shape index (κ2) is 6.54. The van der Waals surface area contributed by atoms with Crippen LogP contribution in [0.5, 0.6) is 0 Å². The molecule has 7 nitrogen and oxygen atoms in total. The van der Waals surface area contributed by atoms with Crippen LogP contribution in [-0.2, 0) is 6.54 Å². The first-order chi connectivity index (χ1) is 11.6. The van der Waals surface area contributed by atoms with E-state index < -0.39 is 0 Å². The number of nitrogens with zero attached hydrogens (tertiary/aromatic N) is 3. The first-order valence-corrected chi connectivity index (χ1v) is 7.70. The van der Waals surface area contributed by atoms with Gasteiger partial charge in [0, 0.05) is 19.2 Å². The van der Waals surface area contributed by atoms with Crippen molar-refractivity contribution in [2.45, 2.75) is 25.4 Å². The minimum atomic E-state index is -0.339. The summed E-state index contributed by atoms with van der Waals surface area (Å²) in [6, 6.07) is 10.8. The van der Waals surface area contributed by atoms with Gasteiger partial charge in [0.05, 0.1) is 18.2 Å². The Kier molecular flexibility index (Phi) is 4.29. The molecule has 0 bridgehead atoms. The Labute approximate surface area is 139 Å². The molecule has 1 aliphatic carbocycles. The molecule has 1 fully saturated rings. The highest BCUT2D eigenvalue weighted by Gasteiger charge is 2.26. The van der Waals surface area contributed by atoms with Crippen LogP contribution in [0.25, 0.3) is 0 Å². The lowest BCUT2D eigenvalue weighted by atomic mass is 10.1. The standard InChI is InChI=1S/C17H17N5O2/c1-19-16(23)14-8-15(17(24)20-13-6-7-13)22(21-14)10-12-4-2-11(9-18)3-5-12/h2-5,8,13H,6-7,10H2,1H3,(H,19,23)(H,20,24). The zero-order chi connectivity index (χ0) is 17.1. The van der Waals surface area contributed by atoms with Crippen molar-refractivity contribution in [2.75, 3.05) is 7.05 Å². The number of nitrogens with one attached hydrogen (secondary N) is 2. The zero-order valence-electron chi connectivity index (χ0n) is 13.2. The van der Waals surface area contributed by atoms with Gasteiger partial charge in [0.25, 0.3) is 11.8 Å². The van der Waals surface area contributed by atoms with Crippen LogP contribution in [0.15, 0.2) is 30.3 Å². The fraction of sp³-hybridized carbons (Fsp3) is 0.294. The maximum Gasteiger partial charge on any atom is 0.271 e. The van der Waals surface area contributed by atoms with Gasteiger partial charge >= 0.3 is 0 Å². The molecule has 3 rings (SSSR count). The van der Waals surface area contributed by atoms with Gasteiger partial charge in [0.1, 0.15) is 5.69 Å². The fourth-order valence-corrected chi connectivity index (χ4v) is 2.30. The molecule has 1 aromatic carbocycles. The third-order valence-electron chi connectivity index (χ3n) is 3.80. The van der Waals surface area contributed by atoms with Gasteiger partial charge in [-0.05, 0) is 30.5 Å². The largest absolute Gasteiger partial charge is 0.354 e. The maximum absolute atomic E-state index is 12.4. The Morgan fingerprint density at radius 3 is 2.58 bits per heavy atom. The number of carbonyl (C=O) groups excluding carboxylic acids is 2. The van der Waals surface area contributed by atoms with E-state index in [0.29, 0.717) is 17.8 Å². The van der Waals surface area contributed by atoms with E-state index >= 15 is 0 Å². The summed E-state index contributed by atoms with van der Waals surface area (Å²) in [7, 11) is 1.52. The molecule has 1 saturated carbocycles. The smallest absolute Gasteiger partial charge is 0.271 e. The van der Waals surface area contributed by atoms with Crippen LogP contribution in [0.3, 0.4) is 0 Å². The summed E-state index contributed by atoms with van der Waals surface area (Å²) in [4.78, 5) is 24.2. The number of hydrogen-bond acceptors (Lipinski definition) is 4. The summed E-state index contributed by atoms with van der Waals surface area (Å²) < 4.78 is 1.52. The van der Waals surface area contributed by atoms with Crippen molar-refractivity contribution < 1.29 is 9.59 Å². The second-order valence-electron chi connectivity index (χ2n) is 5.71. The van der Waals surface area contributed by atoms with Gasteiger partial charge in [-0.15, -0.1) is 0 Å². The summed E-state index contributed by atoms with van der Waals surface area (Å²) in [5.74, 6) is -0.567. The molecule has 24 heavy (non-hydrogen) atoms. The number of hydrogen-bond donors (Lipinski definition) is 2. The average molecular weight is 323 g/mol. The molecule has 0 atom stereocenters. The van der Waals surface area contributed by atoms with Crippen LogP contribution in [0.1, 0.15) is 44.9 Å². The molecule has 1 heterocycles. The number of carbonyl (C=O) groups is 2. The van der Waals surface area contributed by atoms with Gasteiger partial charge in [-0.3, -0.25) is 14.3 Å². The first kappa shape index (κ1) is 15.7. The van der Waals surface area contributed by atoms with Crippen LogP contribution in [0.2, 0.25) is 0 Å². The highest BCUT2D eigenvalue weighted by Crippen LogP contribution is 2.20. The predicted molar refractivity (Wildman–Crippen MR) is 86.4 cm³/mol. The molecular formula is C17H17N5O2. The normalized spacial score (nSPS) is 13.2. The van der Waals surface area contributed by atoms with E-state index in [2.05, 4.69) is 21.8 Å². The van der Waals surface area contributed by atoms with Crippen LogP contribution in [-0.4, -0.2) is 34.7 Å². The molecule has 2 aromatic rings. The number of aromatic nitrogens is 2. The molecule has 0 spiro atoms. The second-order valence-corrected chi connectivity index (χ2v) is 5.71. The number of rotatable bonds is 5. The lowest BCUT2D eigenvalue weighted by Gasteiger charge is -2.08. The van der Waals surface area contributed by atoms with E-state index in [9.17, 15) is 9.59 Å². The third kappa shape index (κ3) is 3.43. The molecule has 7 heteroatoms. The topological polar surface area (TPSA) is 99.8 Å². The lowest BCUT2D eigenvalue weighted by molar-refractivity contribution is 0.0937. The Morgan fingerprint density at radius 1 is 1.29 bits per heavy atom. The molecule has 1 aromatic heterocycles. The van der Waals surface area contributed by atoms with E-state index in [1.165, 1.54) is 17.8 Å². The predicted octanol–water partition coefficient (Wildman–Crippen LogP) is 1.05. The van der Waals surface area contributed by atoms with Crippen LogP contribution >= 0.6 is 0 Å². The number of amides is 2. The molecule has 0 saturated heterocycles. The lowest BCUT2D eigenvalue weighted by Crippen LogP contribution is -2.28. The number of nitriles is 1.